The topological polar surface area (TPSA) is 64.3 Å². The molecule has 0 radical (unpaired) electrons. The lowest BCUT2D eigenvalue weighted by Gasteiger charge is -2.23. The number of hydrogen-bond donors (Lipinski definition) is 3. The monoisotopic (exact) mass is 316 g/mol. The molecule has 2 unspecified atom stereocenters. The van der Waals surface area contributed by atoms with E-state index in [0.717, 1.165) is 11.3 Å². The van der Waals surface area contributed by atoms with Gasteiger partial charge in [0.05, 0.1) is 7.11 Å². The molecule has 2 aromatic rings. The zero-order valence-corrected chi connectivity index (χ0v) is 13.3. The van der Waals surface area contributed by atoms with Crippen molar-refractivity contribution in [2.45, 2.75) is 17.7 Å². The van der Waals surface area contributed by atoms with Gasteiger partial charge in [-0.25, -0.2) is 4.79 Å². The van der Waals surface area contributed by atoms with Crippen LogP contribution in [0, 0.1) is 0 Å². The molecule has 116 valence electrons. The molecule has 0 aliphatic rings. The van der Waals surface area contributed by atoms with Crippen LogP contribution in [0.15, 0.2) is 54.6 Å². The van der Waals surface area contributed by atoms with Crippen LogP contribution in [-0.2, 0) is 16.0 Å². The van der Waals surface area contributed by atoms with E-state index in [0.29, 0.717) is 12.1 Å². The third kappa shape index (κ3) is 4.43. The summed E-state index contributed by atoms with van der Waals surface area (Å²) in [5.41, 5.74) is 8.27. The summed E-state index contributed by atoms with van der Waals surface area (Å²) in [5, 5.41) is 2.96. The van der Waals surface area contributed by atoms with Gasteiger partial charge in [-0.1, -0.05) is 30.3 Å². The van der Waals surface area contributed by atoms with E-state index >= 15 is 0 Å². The minimum Gasteiger partial charge on any atom is -0.467 e. The molecule has 0 heterocycles. The highest BCUT2D eigenvalue weighted by atomic mass is 32.1. The molecule has 5 heteroatoms. The lowest BCUT2D eigenvalue weighted by Crippen LogP contribution is -2.40. The Labute approximate surface area is 136 Å². The van der Waals surface area contributed by atoms with E-state index in [9.17, 15) is 4.79 Å². The van der Waals surface area contributed by atoms with Crippen LogP contribution in [0.2, 0.25) is 0 Å². The Morgan fingerprint density at radius 2 is 1.82 bits per heavy atom. The molecule has 0 aliphatic heterocycles. The van der Waals surface area contributed by atoms with E-state index in [1.54, 1.807) is 12.1 Å². The summed E-state index contributed by atoms with van der Waals surface area (Å²) in [7, 11) is 1.38. The van der Waals surface area contributed by atoms with Crippen LogP contribution in [0.5, 0.6) is 0 Å². The Morgan fingerprint density at radius 1 is 1.18 bits per heavy atom. The zero-order valence-electron chi connectivity index (χ0n) is 12.4. The number of nitrogens with two attached hydrogens (primary N) is 1. The average molecular weight is 316 g/mol. The minimum absolute atomic E-state index is 0.215. The van der Waals surface area contributed by atoms with Crippen molar-refractivity contribution in [3.8, 4) is 0 Å². The number of thiol groups is 1. The fourth-order valence-electron chi connectivity index (χ4n) is 2.17. The van der Waals surface area contributed by atoms with E-state index < -0.39 is 6.04 Å². The molecule has 3 N–H and O–H groups in total. The quantitative estimate of drug-likeness (QED) is 0.436. The van der Waals surface area contributed by atoms with Crippen molar-refractivity contribution in [3.05, 3.63) is 60.2 Å². The predicted molar refractivity (Wildman–Crippen MR) is 93.2 cm³/mol. The molecule has 2 aromatic carbocycles. The summed E-state index contributed by atoms with van der Waals surface area (Å²) in [6.45, 7) is 0. The van der Waals surface area contributed by atoms with Gasteiger partial charge in [0.2, 0.25) is 0 Å². The highest BCUT2D eigenvalue weighted by Crippen LogP contribution is 2.18. The SMILES string of the molecule is COC(=O)C(Nc1ccc(N)cc1)C(S)Cc1ccccc1. The normalized spacial score (nSPS) is 13.2. The van der Waals surface area contributed by atoms with Crippen LogP contribution in [0.1, 0.15) is 5.56 Å². The number of hydrogen-bond acceptors (Lipinski definition) is 5. The summed E-state index contributed by atoms with van der Waals surface area (Å²) in [6, 6.07) is 16.6. The third-order valence-corrected chi connectivity index (χ3v) is 3.84. The molecule has 0 saturated carbocycles. The highest BCUT2D eigenvalue weighted by molar-refractivity contribution is 7.81. The van der Waals surface area contributed by atoms with Gasteiger partial charge in [0.15, 0.2) is 0 Å². The van der Waals surface area contributed by atoms with Crippen molar-refractivity contribution in [1.82, 2.24) is 0 Å². The number of rotatable bonds is 6. The first-order chi connectivity index (χ1) is 10.6. The molecule has 0 saturated heterocycles. The molecular weight excluding hydrogens is 296 g/mol. The summed E-state index contributed by atoms with van der Waals surface area (Å²) in [6.07, 6.45) is 0.658. The van der Waals surface area contributed by atoms with Crippen molar-refractivity contribution in [2.75, 3.05) is 18.2 Å². The Bertz CT molecular complexity index is 602. The Morgan fingerprint density at radius 3 is 2.41 bits per heavy atom. The van der Waals surface area contributed by atoms with Crippen molar-refractivity contribution < 1.29 is 9.53 Å². The Balaban J connectivity index is 2.11. The standard InChI is InChI=1S/C17H20N2O2S/c1-21-17(20)16(19-14-9-7-13(18)8-10-14)15(22)11-12-5-3-2-4-6-12/h2-10,15-16,19,22H,11,18H2,1H3. The molecule has 0 aliphatic carbocycles. The number of ether oxygens (including phenoxy) is 1. The summed E-state index contributed by atoms with van der Waals surface area (Å²) in [5.74, 6) is -0.340. The van der Waals surface area contributed by atoms with E-state index in [2.05, 4.69) is 17.9 Å². The van der Waals surface area contributed by atoms with Gasteiger partial charge >= 0.3 is 5.97 Å². The van der Waals surface area contributed by atoms with Crippen LogP contribution < -0.4 is 11.1 Å². The van der Waals surface area contributed by atoms with Gasteiger partial charge in [0.1, 0.15) is 6.04 Å². The van der Waals surface area contributed by atoms with Crippen LogP contribution in [-0.4, -0.2) is 24.4 Å². The maximum atomic E-state index is 12.1. The lowest BCUT2D eigenvalue weighted by molar-refractivity contribution is -0.141. The molecule has 0 aromatic heterocycles. The van der Waals surface area contributed by atoms with Crippen LogP contribution in [0.25, 0.3) is 0 Å². The number of carbonyl (C=O) groups excluding carboxylic acids is 1. The molecule has 2 rings (SSSR count). The molecule has 4 nitrogen and oxygen atoms in total. The maximum absolute atomic E-state index is 12.1. The Kier molecular flexibility index (Phi) is 5.72. The van der Waals surface area contributed by atoms with Crippen molar-refractivity contribution >= 4 is 30.0 Å². The van der Waals surface area contributed by atoms with E-state index in [-0.39, 0.29) is 11.2 Å². The number of benzene rings is 2. The third-order valence-electron chi connectivity index (χ3n) is 3.36. The average Bonchev–Trinajstić information content (AvgIpc) is 2.54. The van der Waals surface area contributed by atoms with E-state index in [1.165, 1.54) is 7.11 Å². The van der Waals surface area contributed by atoms with Crippen LogP contribution in [0.4, 0.5) is 11.4 Å². The van der Waals surface area contributed by atoms with E-state index in [4.69, 9.17) is 10.5 Å². The number of nitrogens with one attached hydrogen (secondary N) is 1. The van der Waals surface area contributed by atoms with Crippen LogP contribution >= 0.6 is 12.6 Å². The smallest absolute Gasteiger partial charge is 0.329 e. The fourth-order valence-corrected chi connectivity index (χ4v) is 2.58. The number of anilines is 2. The molecule has 0 fully saturated rings. The van der Waals surface area contributed by atoms with Crippen LogP contribution in [0.3, 0.4) is 0 Å². The van der Waals surface area contributed by atoms with Gasteiger partial charge in [-0.3, -0.25) is 0 Å². The number of methoxy groups -OCH3 is 1. The predicted octanol–water partition coefficient (Wildman–Crippen LogP) is 2.76. The first-order valence-corrected chi connectivity index (χ1v) is 7.53. The highest BCUT2D eigenvalue weighted by Gasteiger charge is 2.26. The second-order valence-electron chi connectivity index (χ2n) is 5.02. The summed E-state index contributed by atoms with van der Waals surface area (Å²) >= 11 is 4.59. The first kappa shape index (κ1) is 16.2. The number of nitrogen functional groups attached to an aromatic ring is 1. The van der Waals surface area contributed by atoms with Gasteiger partial charge in [0, 0.05) is 16.6 Å². The second-order valence-corrected chi connectivity index (χ2v) is 5.69. The van der Waals surface area contributed by atoms with Crippen molar-refractivity contribution in [2.24, 2.45) is 0 Å². The molecule has 22 heavy (non-hydrogen) atoms. The van der Waals surface area contributed by atoms with E-state index in [1.807, 2.05) is 42.5 Å². The van der Waals surface area contributed by atoms with Crippen molar-refractivity contribution in [1.29, 1.82) is 0 Å². The molecule has 0 spiro atoms. The van der Waals surface area contributed by atoms with Gasteiger partial charge in [-0.15, -0.1) is 0 Å². The first-order valence-electron chi connectivity index (χ1n) is 7.02. The lowest BCUT2D eigenvalue weighted by atomic mass is 10.0. The van der Waals surface area contributed by atoms with Crippen molar-refractivity contribution in [3.63, 3.8) is 0 Å². The van der Waals surface area contributed by atoms with Gasteiger partial charge in [0.25, 0.3) is 0 Å². The van der Waals surface area contributed by atoms with Gasteiger partial charge < -0.3 is 15.8 Å². The number of carbonyl (C=O) groups is 1. The second kappa shape index (κ2) is 7.75. The largest absolute Gasteiger partial charge is 0.467 e. The zero-order chi connectivity index (χ0) is 15.9. The summed E-state index contributed by atoms with van der Waals surface area (Å²) in [4.78, 5) is 12.1. The van der Waals surface area contributed by atoms with Gasteiger partial charge in [-0.05, 0) is 36.2 Å². The fraction of sp³-hybridized carbons (Fsp3) is 0.235. The van der Waals surface area contributed by atoms with Gasteiger partial charge in [-0.2, -0.15) is 12.6 Å². The molecule has 0 bridgehead atoms. The molecule has 2 atom stereocenters. The minimum atomic E-state index is -0.544. The summed E-state index contributed by atoms with van der Waals surface area (Å²) < 4.78 is 4.89. The molecular formula is C17H20N2O2S. The maximum Gasteiger partial charge on any atom is 0.329 e. The number of esters is 1. The Hall–Kier alpha value is -2.14. The molecule has 0 amide bonds.